The second-order valence-electron chi connectivity index (χ2n) is 3.64. The summed E-state index contributed by atoms with van der Waals surface area (Å²) in [5, 5.41) is 0.891. The summed E-state index contributed by atoms with van der Waals surface area (Å²) < 4.78 is 5.02. The Morgan fingerprint density at radius 3 is 2.78 bits per heavy atom. The van der Waals surface area contributed by atoms with Crippen LogP contribution in [0.15, 0.2) is 36.4 Å². The van der Waals surface area contributed by atoms with Crippen LogP contribution in [0, 0.1) is 6.07 Å². The predicted octanol–water partition coefficient (Wildman–Crippen LogP) is 4.39. The minimum Gasteiger partial charge on any atom is -0.427 e. The van der Waals surface area contributed by atoms with Gasteiger partial charge in [0.2, 0.25) is 0 Å². The van der Waals surface area contributed by atoms with E-state index in [4.69, 9.17) is 27.9 Å². The lowest BCUT2D eigenvalue weighted by molar-refractivity contribution is -0.131. The van der Waals surface area contributed by atoms with Gasteiger partial charge in [-0.1, -0.05) is 41.4 Å². The van der Waals surface area contributed by atoms with Crippen LogP contribution >= 0.6 is 23.2 Å². The summed E-state index contributed by atoms with van der Waals surface area (Å²) in [7, 11) is 0. The summed E-state index contributed by atoms with van der Waals surface area (Å²) in [4.78, 5) is 10.9. The zero-order valence-corrected chi connectivity index (χ0v) is 11.0. The molecule has 4 heteroatoms. The number of ether oxygens (including phenoxy) is 1. The fraction of sp³-hybridized carbons (Fsp3) is 0.0714. The fourth-order valence-electron chi connectivity index (χ4n) is 1.55. The molecule has 0 heterocycles. The van der Waals surface area contributed by atoms with Crippen molar-refractivity contribution in [1.82, 2.24) is 0 Å². The van der Waals surface area contributed by atoms with Gasteiger partial charge in [-0.25, -0.2) is 0 Å². The molecular weight excluding hydrogens is 271 g/mol. The molecule has 0 bridgehead atoms. The first-order chi connectivity index (χ1) is 8.58. The van der Waals surface area contributed by atoms with Crippen molar-refractivity contribution in [3.63, 3.8) is 0 Å². The van der Waals surface area contributed by atoms with E-state index in [1.807, 2.05) is 6.07 Å². The SMILES string of the molecule is CC(=O)Oc1cccc(-c2[c]ccc(Cl)c2Cl)c1. The highest BCUT2D eigenvalue weighted by Crippen LogP contribution is 2.34. The van der Waals surface area contributed by atoms with Gasteiger partial charge in [-0.2, -0.15) is 0 Å². The Hall–Kier alpha value is -1.51. The van der Waals surface area contributed by atoms with Crippen molar-refractivity contribution >= 4 is 29.2 Å². The molecule has 0 N–H and O–H groups in total. The van der Waals surface area contributed by atoms with Gasteiger partial charge < -0.3 is 4.74 Å². The second-order valence-corrected chi connectivity index (χ2v) is 4.42. The van der Waals surface area contributed by atoms with Gasteiger partial charge in [0.1, 0.15) is 5.75 Å². The van der Waals surface area contributed by atoms with Crippen molar-refractivity contribution in [2.75, 3.05) is 0 Å². The number of esters is 1. The summed E-state index contributed by atoms with van der Waals surface area (Å²) in [5.74, 6) is 0.0952. The Balaban J connectivity index is 2.44. The first kappa shape index (κ1) is 12.9. The zero-order chi connectivity index (χ0) is 13.1. The Morgan fingerprint density at radius 2 is 2.06 bits per heavy atom. The van der Waals surface area contributed by atoms with Crippen LogP contribution in [0.3, 0.4) is 0 Å². The van der Waals surface area contributed by atoms with Crippen molar-refractivity contribution < 1.29 is 9.53 Å². The second kappa shape index (κ2) is 5.42. The highest BCUT2D eigenvalue weighted by molar-refractivity contribution is 6.43. The van der Waals surface area contributed by atoms with Crippen LogP contribution in [0.1, 0.15) is 6.92 Å². The number of rotatable bonds is 2. The Labute approximate surface area is 115 Å². The van der Waals surface area contributed by atoms with Gasteiger partial charge in [-0.05, 0) is 29.8 Å². The van der Waals surface area contributed by atoms with Crippen molar-refractivity contribution in [2.45, 2.75) is 6.92 Å². The molecule has 0 aromatic heterocycles. The van der Waals surface area contributed by atoms with Crippen molar-refractivity contribution in [2.24, 2.45) is 0 Å². The summed E-state index contributed by atoms with van der Waals surface area (Å²) in [5.41, 5.74) is 1.47. The Kier molecular flexibility index (Phi) is 3.90. The summed E-state index contributed by atoms with van der Waals surface area (Å²) in [6.07, 6.45) is 0. The summed E-state index contributed by atoms with van der Waals surface area (Å²) >= 11 is 12.1. The van der Waals surface area contributed by atoms with Gasteiger partial charge in [-0.3, -0.25) is 4.79 Å². The fourth-order valence-corrected chi connectivity index (χ4v) is 1.93. The van der Waals surface area contributed by atoms with Gasteiger partial charge in [0.15, 0.2) is 0 Å². The Bertz CT molecular complexity index is 594. The third-order valence-corrected chi connectivity index (χ3v) is 3.08. The van der Waals surface area contributed by atoms with Crippen molar-refractivity contribution in [1.29, 1.82) is 0 Å². The molecule has 91 valence electrons. The number of hydrogen-bond acceptors (Lipinski definition) is 2. The lowest BCUT2D eigenvalue weighted by Gasteiger charge is -2.07. The van der Waals surface area contributed by atoms with Gasteiger partial charge in [0.25, 0.3) is 0 Å². The maximum Gasteiger partial charge on any atom is 0.308 e. The summed E-state index contributed by atoms with van der Waals surface area (Å²) in [6.45, 7) is 1.35. The molecule has 18 heavy (non-hydrogen) atoms. The van der Waals surface area contributed by atoms with Crippen LogP contribution < -0.4 is 4.74 Å². The van der Waals surface area contributed by atoms with Crippen LogP contribution in [0.5, 0.6) is 5.75 Å². The molecule has 2 rings (SSSR count). The topological polar surface area (TPSA) is 26.3 Å². The van der Waals surface area contributed by atoms with E-state index in [-0.39, 0.29) is 5.97 Å². The number of carbonyl (C=O) groups excluding carboxylic acids is 1. The zero-order valence-electron chi connectivity index (χ0n) is 9.54. The Morgan fingerprint density at radius 1 is 1.28 bits per heavy atom. The van der Waals surface area contributed by atoms with Crippen molar-refractivity contribution in [3.05, 3.63) is 52.5 Å². The van der Waals surface area contributed by atoms with E-state index in [0.717, 1.165) is 5.56 Å². The molecular formula is C14H9Cl2O2. The highest BCUT2D eigenvalue weighted by atomic mass is 35.5. The maximum atomic E-state index is 10.9. The van der Waals surface area contributed by atoms with E-state index >= 15 is 0 Å². The lowest BCUT2D eigenvalue weighted by Crippen LogP contribution is -2.01. The van der Waals surface area contributed by atoms with Crippen molar-refractivity contribution in [3.8, 4) is 16.9 Å². The number of hydrogen-bond donors (Lipinski definition) is 0. The van der Waals surface area contributed by atoms with E-state index in [2.05, 4.69) is 6.07 Å². The van der Waals surface area contributed by atoms with E-state index in [0.29, 0.717) is 21.4 Å². The first-order valence-electron chi connectivity index (χ1n) is 5.22. The average molecular weight is 280 g/mol. The van der Waals surface area contributed by atoms with Crippen LogP contribution in [0.2, 0.25) is 10.0 Å². The standard InChI is InChI=1S/C14H9Cl2O2/c1-9(17)18-11-5-2-4-10(8-11)12-6-3-7-13(15)14(12)16/h2-5,7-8H,1H3. The van der Waals surface area contributed by atoms with Gasteiger partial charge in [0, 0.05) is 12.5 Å². The molecule has 0 unspecified atom stereocenters. The molecule has 0 saturated heterocycles. The molecule has 0 aliphatic carbocycles. The summed E-state index contributed by atoms with van der Waals surface area (Å²) in [6, 6.07) is 13.4. The monoisotopic (exact) mass is 279 g/mol. The molecule has 2 aromatic carbocycles. The molecule has 0 atom stereocenters. The van der Waals surface area contributed by atoms with Gasteiger partial charge in [-0.15, -0.1) is 0 Å². The normalized spacial score (nSPS) is 10.2. The molecule has 2 nitrogen and oxygen atoms in total. The maximum absolute atomic E-state index is 10.9. The quantitative estimate of drug-likeness (QED) is 0.602. The molecule has 0 spiro atoms. The predicted molar refractivity (Wildman–Crippen MR) is 72.0 cm³/mol. The van der Waals surface area contributed by atoms with Crippen LogP contribution in [0.4, 0.5) is 0 Å². The van der Waals surface area contributed by atoms with Crippen LogP contribution in [-0.2, 0) is 4.79 Å². The lowest BCUT2D eigenvalue weighted by atomic mass is 10.1. The number of carbonyl (C=O) groups is 1. The number of halogens is 2. The van der Waals surface area contributed by atoms with Gasteiger partial charge in [0.05, 0.1) is 10.0 Å². The molecule has 1 radical (unpaired) electrons. The minimum absolute atomic E-state index is 0.367. The molecule has 2 aromatic rings. The first-order valence-corrected chi connectivity index (χ1v) is 5.98. The average Bonchev–Trinajstić information content (AvgIpc) is 2.32. The smallest absolute Gasteiger partial charge is 0.308 e. The third-order valence-electron chi connectivity index (χ3n) is 2.27. The number of benzene rings is 2. The van der Waals surface area contributed by atoms with Crippen LogP contribution in [-0.4, -0.2) is 5.97 Å². The molecule has 0 aliphatic rings. The minimum atomic E-state index is -0.367. The highest BCUT2D eigenvalue weighted by Gasteiger charge is 2.08. The third kappa shape index (κ3) is 2.84. The largest absolute Gasteiger partial charge is 0.427 e. The van der Waals surface area contributed by atoms with Crippen LogP contribution in [0.25, 0.3) is 11.1 Å². The molecule has 0 aliphatic heterocycles. The molecule has 0 saturated carbocycles. The van der Waals surface area contributed by atoms with E-state index < -0.39 is 0 Å². The van der Waals surface area contributed by atoms with E-state index in [1.54, 1.807) is 30.3 Å². The molecule has 0 fully saturated rings. The van der Waals surface area contributed by atoms with E-state index in [1.165, 1.54) is 6.92 Å². The van der Waals surface area contributed by atoms with Gasteiger partial charge >= 0.3 is 5.97 Å². The molecule has 0 amide bonds. The van der Waals surface area contributed by atoms with E-state index in [9.17, 15) is 4.79 Å².